The molecular formula is C21H28O3S. The summed E-state index contributed by atoms with van der Waals surface area (Å²) in [6.45, 7) is 6.55. The molecule has 0 heterocycles. The van der Waals surface area contributed by atoms with Gasteiger partial charge < -0.3 is 5.11 Å². The van der Waals surface area contributed by atoms with Crippen molar-refractivity contribution in [3.05, 3.63) is 23.8 Å². The molecule has 3 nitrogen and oxygen atoms in total. The van der Waals surface area contributed by atoms with Gasteiger partial charge in [0.25, 0.3) is 0 Å². The van der Waals surface area contributed by atoms with Crippen LogP contribution in [0, 0.1) is 40.4 Å². The molecule has 0 saturated heterocycles. The average Bonchev–Trinajstić information content (AvgIpc) is 2.77. The normalized spacial score (nSPS) is 51.4. The molecule has 3 fully saturated rings. The number of hydrogen-bond donors (Lipinski definition) is 2. The van der Waals surface area contributed by atoms with Gasteiger partial charge in [0.15, 0.2) is 10.9 Å². The third kappa shape index (κ3) is 2.29. The van der Waals surface area contributed by atoms with Crippen molar-refractivity contribution in [2.75, 3.05) is 0 Å². The topological polar surface area (TPSA) is 54.4 Å². The Morgan fingerprint density at radius 2 is 2.08 bits per heavy atom. The van der Waals surface area contributed by atoms with Crippen molar-refractivity contribution < 1.29 is 14.7 Å². The molecule has 1 N–H and O–H groups in total. The predicted molar refractivity (Wildman–Crippen MR) is 100 cm³/mol. The number of carbonyl (C=O) groups excluding carboxylic acids is 2. The van der Waals surface area contributed by atoms with Gasteiger partial charge in [-0.1, -0.05) is 32.4 Å². The van der Waals surface area contributed by atoms with Crippen LogP contribution in [0.1, 0.15) is 46.5 Å². The van der Waals surface area contributed by atoms with E-state index in [9.17, 15) is 14.7 Å². The molecule has 4 aliphatic carbocycles. The van der Waals surface area contributed by atoms with E-state index in [0.29, 0.717) is 24.2 Å². The Bertz CT molecular complexity index is 695. The van der Waals surface area contributed by atoms with Crippen LogP contribution in [0.25, 0.3) is 0 Å². The number of rotatable bonds is 1. The van der Waals surface area contributed by atoms with Crippen LogP contribution in [-0.2, 0) is 9.59 Å². The number of hydrogen-bond acceptors (Lipinski definition) is 3. The average molecular weight is 361 g/mol. The second-order valence-corrected chi connectivity index (χ2v) is 9.77. The van der Waals surface area contributed by atoms with E-state index in [1.807, 2.05) is 6.08 Å². The summed E-state index contributed by atoms with van der Waals surface area (Å²) in [5, 5.41) is 11.2. The van der Waals surface area contributed by atoms with E-state index < -0.39 is 6.10 Å². The largest absolute Gasteiger partial charge is 0.393 e. The van der Waals surface area contributed by atoms with Crippen LogP contribution in [0.4, 0.5) is 0 Å². The smallest absolute Gasteiger partial charge is 0.189 e. The summed E-state index contributed by atoms with van der Waals surface area (Å²) in [7, 11) is 0. The van der Waals surface area contributed by atoms with Crippen LogP contribution in [-0.4, -0.2) is 22.1 Å². The van der Waals surface area contributed by atoms with Gasteiger partial charge in [0, 0.05) is 17.3 Å². The highest BCUT2D eigenvalue weighted by molar-refractivity contribution is 7.96. The van der Waals surface area contributed by atoms with E-state index in [1.165, 1.54) is 5.57 Å². The molecule has 4 rings (SSSR count). The number of aliphatic hydroxyl groups is 1. The molecule has 4 aliphatic rings. The van der Waals surface area contributed by atoms with Crippen molar-refractivity contribution in [3.8, 4) is 0 Å². The minimum atomic E-state index is -0.446. The number of allylic oxidation sites excluding steroid dienone is 4. The van der Waals surface area contributed by atoms with Crippen LogP contribution in [0.3, 0.4) is 0 Å². The maximum atomic E-state index is 12.2. The lowest BCUT2D eigenvalue weighted by Crippen LogP contribution is -2.56. The van der Waals surface area contributed by atoms with Crippen molar-refractivity contribution in [1.29, 1.82) is 0 Å². The molecule has 3 saturated carbocycles. The molecule has 0 bridgehead atoms. The molecule has 0 aromatic heterocycles. The number of carbonyl (C=O) groups is 2. The van der Waals surface area contributed by atoms with Crippen molar-refractivity contribution >= 4 is 23.5 Å². The van der Waals surface area contributed by atoms with E-state index in [2.05, 4.69) is 33.4 Å². The summed E-state index contributed by atoms with van der Waals surface area (Å²) in [4.78, 5) is 24.1. The van der Waals surface area contributed by atoms with E-state index in [4.69, 9.17) is 0 Å². The Hall–Kier alpha value is -0.870. The van der Waals surface area contributed by atoms with E-state index >= 15 is 0 Å². The first-order valence-electron chi connectivity index (χ1n) is 9.53. The van der Waals surface area contributed by atoms with E-state index in [0.717, 1.165) is 19.3 Å². The van der Waals surface area contributed by atoms with Gasteiger partial charge in [0.1, 0.15) is 0 Å². The van der Waals surface area contributed by atoms with Gasteiger partial charge in [-0.25, -0.2) is 0 Å². The van der Waals surface area contributed by atoms with Crippen molar-refractivity contribution in [3.63, 3.8) is 0 Å². The molecule has 0 radical (unpaired) electrons. The zero-order valence-electron chi connectivity index (χ0n) is 15.2. The predicted octanol–water partition coefficient (Wildman–Crippen LogP) is 3.58. The first-order chi connectivity index (χ1) is 11.7. The molecule has 136 valence electrons. The Balaban J connectivity index is 1.76. The number of aliphatic hydroxyl groups excluding tert-OH is 1. The summed E-state index contributed by atoms with van der Waals surface area (Å²) in [5.74, 6) is 1.30. The molecule has 0 amide bonds. The molecular weight excluding hydrogens is 332 g/mol. The molecule has 4 heteroatoms. The minimum Gasteiger partial charge on any atom is -0.393 e. The van der Waals surface area contributed by atoms with Gasteiger partial charge in [0.2, 0.25) is 0 Å². The van der Waals surface area contributed by atoms with Crippen LogP contribution < -0.4 is 0 Å². The molecule has 8 atom stereocenters. The maximum absolute atomic E-state index is 12.2. The van der Waals surface area contributed by atoms with Crippen molar-refractivity contribution in [2.24, 2.45) is 40.4 Å². The lowest BCUT2D eigenvalue weighted by atomic mass is 9.47. The fourth-order valence-corrected chi connectivity index (χ4v) is 7.77. The highest BCUT2D eigenvalue weighted by Gasteiger charge is 2.63. The van der Waals surface area contributed by atoms with Gasteiger partial charge >= 0.3 is 0 Å². The second kappa shape index (κ2) is 5.56. The summed E-state index contributed by atoms with van der Waals surface area (Å²) < 4.78 is 0. The minimum absolute atomic E-state index is 0.0195. The van der Waals surface area contributed by atoms with Gasteiger partial charge in [-0.05, 0) is 61.0 Å². The number of ketones is 1. The Morgan fingerprint density at radius 1 is 1.36 bits per heavy atom. The molecule has 0 aromatic rings. The van der Waals surface area contributed by atoms with E-state index in [-0.39, 0.29) is 33.6 Å². The Morgan fingerprint density at radius 3 is 2.76 bits per heavy atom. The first kappa shape index (κ1) is 17.5. The zero-order valence-corrected chi connectivity index (χ0v) is 16.1. The molecule has 25 heavy (non-hydrogen) atoms. The highest BCUT2D eigenvalue weighted by atomic mass is 32.1. The number of thiol groups is 1. The van der Waals surface area contributed by atoms with Gasteiger partial charge in [-0.2, -0.15) is 0 Å². The van der Waals surface area contributed by atoms with Crippen LogP contribution >= 0.6 is 12.6 Å². The summed E-state index contributed by atoms with van der Waals surface area (Å²) in [6, 6.07) is 0. The Labute approximate surface area is 155 Å². The quantitative estimate of drug-likeness (QED) is 0.703. The third-order valence-corrected chi connectivity index (χ3v) is 8.38. The first-order valence-corrected chi connectivity index (χ1v) is 9.98. The summed E-state index contributed by atoms with van der Waals surface area (Å²) in [5.41, 5.74) is 0.783. The monoisotopic (exact) mass is 360 g/mol. The summed E-state index contributed by atoms with van der Waals surface area (Å²) >= 11 is 4.19. The second-order valence-electron chi connectivity index (χ2n) is 9.33. The van der Waals surface area contributed by atoms with Gasteiger partial charge in [-0.15, -0.1) is 12.6 Å². The fraction of sp³-hybridized carbons (Fsp3) is 0.714. The van der Waals surface area contributed by atoms with Gasteiger partial charge in [0.05, 0.1) is 6.10 Å². The molecule has 0 aliphatic heterocycles. The SMILES string of the molecule is C[C@@H]1CC2C3CCC4=CC(=O)C=C[C@]4(C)C3[C@@H](O)C[C@]2(C)[C@H]1C(=O)S. The third-order valence-electron chi connectivity index (χ3n) is 8.10. The van der Waals surface area contributed by atoms with Gasteiger partial charge in [-0.3, -0.25) is 9.59 Å². The standard InChI is InChI=1S/C21H28O3S/c1-11-8-15-14-5-4-12-9-13(22)6-7-20(12,2)18(14)16(23)10-21(15,3)17(11)19(24)25/h6-7,9,11,14-18,23H,4-5,8,10H2,1-3H3,(H,24,25)/t11-,14?,15?,16+,17-,18?,20+,21+/m1/s1. The molecule has 0 spiro atoms. The highest BCUT2D eigenvalue weighted by Crippen LogP contribution is 2.67. The molecule has 0 aromatic carbocycles. The van der Waals surface area contributed by atoms with Crippen LogP contribution in [0.15, 0.2) is 23.8 Å². The lowest BCUT2D eigenvalue weighted by Gasteiger charge is -2.58. The van der Waals surface area contributed by atoms with E-state index in [1.54, 1.807) is 12.2 Å². The van der Waals surface area contributed by atoms with Crippen LogP contribution in [0.5, 0.6) is 0 Å². The lowest BCUT2D eigenvalue weighted by molar-refractivity contribution is -0.133. The number of fused-ring (bicyclic) bond motifs is 5. The summed E-state index contributed by atoms with van der Waals surface area (Å²) in [6.07, 6.45) is 8.67. The maximum Gasteiger partial charge on any atom is 0.189 e. The van der Waals surface area contributed by atoms with Crippen molar-refractivity contribution in [1.82, 2.24) is 0 Å². The molecule has 3 unspecified atom stereocenters. The Kier molecular flexibility index (Phi) is 3.90. The fourth-order valence-electron chi connectivity index (χ4n) is 7.22. The van der Waals surface area contributed by atoms with Crippen molar-refractivity contribution in [2.45, 2.75) is 52.6 Å². The zero-order chi connectivity index (χ0) is 18.1. The van der Waals surface area contributed by atoms with Crippen LogP contribution in [0.2, 0.25) is 0 Å².